The van der Waals surface area contributed by atoms with E-state index >= 15 is 0 Å². The third-order valence-corrected chi connectivity index (χ3v) is 9.41. The number of carbonyl (C=O) groups excluding carboxylic acids is 1. The summed E-state index contributed by atoms with van der Waals surface area (Å²) in [6, 6.07) is 23.8. The summed E-state index contributed by atoms with van der Waals surface area (Å²) in [5, 5.41) is 17.3. The fraction of sp³-hybridized carbons (Fsp3) is 0.120. The Labute approximate surface area is 231 Å². The molecule has 2 aromatic heterocycles. The van der Waals surface area contributed by atoms with Gasteiger partial charge in [0.2, 0.25) is 15.9 Å². The second-order valence-electron chi connectivity index (χ2n) is 8.12. The molecule has 3 N–H and O–H groups in total. The van der Waals surface area contributed by atoms with Crippen molar-refractivity contribution in [2.45, 2.75) is 26.7 Å². The monoisotopic (exact) mass is 582 g/mol. The maximum Gasteiger partial charge on any atom is 0.238 e. The Bertz CT molecular complexity index is 1650. The quantitative estimate of drug-likeness (QED) is 0.228. The SMILES string of the molecule is NS(=O)(=O)c1cccc(NC(=O)CSc2nnc(CSc3nc4ccccc4s3)n2Cc2ccccc2)c1. The van der Waals surface area contributed by atoms with Crippen LogP contribution in [-0.4, -0.2) is 39.8 Å². The van der Waals surface area contributed by atoms with Gasteiger partial charge in [0, 0.05) is 5.69 Å². The van der Waals surface area contributed by atoms with Crippen LogP contribution in [0.4, 0.5) is 5.69 Å². The zero-order valence-electron chi connectivity index (χ0n) is 19.9. The van der Waals surface area contributed by atoms with Crippen LogP contribution in [-0.2, 0) is 27.1 Å². The molecular formula is C25H22N6O3S4. The van der Waals surface area contributed by atoms with Gasteiger partial charge in [0.15, 0.2) is 9.50 Å². The standard InChI is InChI=1S/C25H22N6O3S4/c26-38(33,34)19-10-6-9-18(13-19)27-23(32)16-35-24-30-29-22(31(24)14-17-7-2-1-3-8-17)15-36-25-28-20-11-4-5-12-21(20)37-25/h1-13H,14-16H2,(H,27,32)(H2,26,33,34). The van der Waals surface area contributed by atoms with Crippen molar-refractivity contribution in [1.82, 2.24) is 19.7 Å². The molecule has 0 aliphatic rings. The first kappa shape index (κ1) is 26.4. The molecule has 1 amide bonds. The predicted molar refractivity (Wildman–Crippen MR) is 152 cm³/mol. The van der Waals surface area contributed by atoms with Gasteiger partial charge in [0.25, 0.3) is 0 Å². The molecule has 0 aliphatic carbocycles. The summed E-state index contributed by atoms with van der Waals surface area (Å²) in [5.74, 6) is 1.12. The number of amides is 1. The fourth-order valence-corrected chi connectivity index (χ4v) is 6.90. The number of primary sulfonamides is 1. The number of nitrogens with one attached hydrogen (secondary N) is 1. The molecular weight excluding hydrogens is 561 g/mol. The van der Waals surface area contributed by atoms with Gasteiger partial charge < -0.3 is 9.88 Å². The lowest BCUT2D eigenvalue weighted by atomic mass is 10.2. The van der Waals surface area contributed by atoms with Crippen LogP contribution < -0.4 is 10.5 Å². The first-order valence-corrected chi connectivity index (χ1v) is 15.7. The highest BCUT2D eigenvalue weighted by molar-refractivity contribution is 8.00. The first-order chi connectivity index (χ1) is 18.3. The highest BCUT2D eigenvalue weighted by atomic mass is 32.2. The van der Waals surface area contributed by atoms with E-state index in [1.165, 1.54) is 30.0 Å². The van der Waals surface area contributed by atoms with Gasteiger partial charge in [-0.3, -0.25) is 4.79 Å². The van der Waals surface area contributed by atoms with Crippen molar-refractivity contribution in [2.75, 3.05) is 11.1 Å². The topological polar surface area (TPSA) is 133 Å². The van der Waals surface area contributed by atoms with Crippen LogP contribution in [0.15, 0.2) is 93.3 Å². The second kappa shape index (κ2) is 11.7. The minimum absolute atomic E-state index is 0.0670. The molecule has 3 aromatic carbocycles. The zero-order valence-corrected chi connectivity index (χ0v) is 23.1. The maximum atomic E-state index is 12.6. The van der Waals surface area contributed by atoms with Crippen molar-refractivity contribution in [3.8, 4) is 0 Å². The van der Waals surface area contributed by atoms with Crippen molar-refractivity contribution in [3.63, 3.8) is 0 Å². The Balaban J connectivity index is 1.29. The minimum atomic E-state index is -3.87. The van der Waals surface area contributed by atoms with Crippen LogP contribution >= 0.6 is 34.9 Å². The summed E-state index contributed by atoms with van der Waals surface area (Å²) in [6.07, 6.45) is 0. The minimum Gasteiger partial charge on any atom is -0.325 e. The van der Waals surface area contributed by atoms with Crippen LogP contribution in [0.2, 0.25) is 0 Å². The Morgan fingerprint density at radius 3 is 2.55 bits per heavy atom. The number of sulfonamides is 1. The normalized spacial score (nSPS) is 11.6. The first-order valence-electron chi connectivity index (χ1n) is 11.3. The van der Waals surface area contributed by atoms with Gasteiger partial charge in [-0.1, -0.05) is 72.1 Å². The summed E-state index contributed by atoms with van der Waals surface area (Å²) in [6.45, 7) is 0.559. The summed E-state index contributed by atoms with van der Waals surface area (Å²) >= 11 is 4.51. The lowest BCUT2D eigenvalue weighted by Crippen LogP contribution is -2.16. The molecule has 9 nitrogen and oxygen atoms in total. The van der Waals surface area contributed by atoms with Gasteiger partial charge in [-0.25, -0.2) is 18.5 Å². The molecule has 0 saturated carbocycles. The van der Waals surface area contributed by atoms with Crippen LogP contribution in [0, 0.1) is 0 Å². The van der Waals surface area contributed by atoms with Gasteiger partial charge in [-0.15, -0.1) is 21.5 Å². The molecule has 2 heterocycles. The second-order valence-corrected chi connectivity index (χ2v) is 12.9. The maximum absolute atomic E-state index is 12.6. The molecule has 0 bridgehead atoms. The van der Waals surface area contributed by atoms with E-state index in [1.807, 2.05) is 53.1 Å². The zero-order chi connectivity index (χ0) is 26.5. The van der Waals surface area contributed by atoms with Crippen LogP contribution in [0.25, 0.3) is 10.2 Å². The number of anilines is 1. The number of thioether (sulfide) groups is 2. The van der Waals surface area contributed by atoms with Crippen LogP contribution in [0.5, 0.6) is 0 Å². The molecule has 0 saturated heterocycles. The Morgan fingerprint density at radius 2 is 1.76 bits per heavy atom. The van der Waals surface area contributed by atoms with E-state index in [4.69, 9.17) is 5.14 Å². The number of hydrogen-bond acceptors (Lipinski definition) is 9. The molecule has 5 aromatic rings. The molecule has 0 fully saturated rings. The molecule has 0 aliphatic heterocycles. The van der Waals surface area contributed by atoms with Crippen molar-refractivity contribution >= 4 is 66.7 Å². The number of carbonyl (C=O) groups is 1. The van der Waals surface area contributed by atoms with Gasteiger partial charge in [0.05, 0.1) is 33.2 Å². The lowest BCUT2D eigenvalue weighted by molar-refractivity contribution is -0.113. The smallest absolute Gasteiger partial charge is 0.238 e. The average Bonchev–Trinajstić information content (AvgIpc) is 3.50. The number of thiazole rings is 1. The molecule has 0 radical (unpaired) electrons. The number of fused-ring (bicyclic) bond motifs is 1. The summed E-state index contributed by atoms with van der Waals surface area (Å²) in [5.41, 5.74) is 2.41. The van der Waals surface area contributed by atoms with Gasteiger partial charge >= 0.3 is 0 Å². The number of nitrogens with zero attached hydrogens (tertiary/aromatic N) is 4. The summed E-state index contributed by atoms with van der Waals surface area (Å²) < 4.78 is 27.3. The number of benzene rings is 3. The Kier molecular flexibility index (Phi) is 8.09. The van der Waals surface area contributed by atoms with E-state index in [2.05, 4.69) is 26.6 Å². The van der Waals surface area contributed by atoms with E-state index in [9.17, 15) is 13.2 Å². The van der Waals surface area contributed by atoms with Gasteiger partial charge in [-0.2, -0.15) is 0 Å². The molecule has 38 heavy (non-hydrogen) atoms. The number of hydrogen-bond donors (Lipinski definition) is 2. The fourth-order valence-electron chi connectivity index (χ4n) is 3.57. The average molecular weight is 583 g/mol. The molecule has 194 valence electrons. The third kappa shape index (κ3) is 6.60. The van der Waals surface area contributed by atoms with Crippen LogP contribution in [0.1, 0.15) is 11.4 Å². The number of para-hydroxylation sites is 1. The van der Waals surface area contributed by atoms with Crippen molar-refractivity contribution in [3.05, 3.63) is 90.3 Å². The largest absolute Gasteiger partial charge is 0.325 e. The van der Waals surface area contributed by atoms with E-state index in [0.29, 0.717) is 23.1 Å². The Hall–Kier alpha value is -3.23. The van der Waals surface area contributed by atoms with E-state index < -0.39 is 10.0 Å². The van der Waals surface area contributed by atoms with E-state index in [0.717, 1.165) is 25.9 Å². The number of aromatic nitrogens is 4. The predicted octanol–water partition coefficient (Wildman–Crippen LogP) is 4.61. The van der Waals surface area contributed by atoms with Crippen LogP contribution in [0.3, 0.4) is 0 Å². The number of nitrogens with two attached hydrogens (primary N) is 1. The summed E-state index contributed by atoms with van der Waals surface area (Å²) in [7, 11) is -3.87. The molecule has 13 heteroatoms. The molecule has 5 rings (SSSR count). The summed E-state index contributed by atoms with van der Waals surface area (Å²) in [4.78, 5) is 17.3. The van der Waals surface area contributed by atoms with E-state index in [-0.39, 0.29) is 16.6 Å². The van der Waals surface area contributed by atoms with Crippen molar-refractivity contribution < 1.29 is 13.2 Å². The van der Waals surface area contributed by atoms with Gasteiger partial charge in [0.1, 0.15) is 5.82 Å². The highest BCUT2D eigenvalue weighted by Crippen LogP contribution is 2.32. The molecule has 0 spiro atoms. The molecule has 0 unspecified atom stereocenters. The number of rotatable bonds is 10. The van der Waals surface area contributed by atoms with Crippen molar-refractivity contribution in [2.24, 2.45) is 5.14 Å². The third-order valence-electron chi connectivity index (χ3n) is 5.35. The van der Waals surface area contributed by atoms with E-state index in [1.54, 1.807) is 29.2 Å². The lowest BCUT2D eigenvalue weighted by Gasteiger charge is -2.10. The van der Waals surface area contributed by atoms with Gasteiger partial charge in [-0.05, 0) is 35.9 Å². The Morgan fingerprint density at radius 1 is 0.974 bits per heavy atom. The molecule has 0 atom stereocenters. The highest BCUT2D eigenvalue weighted by Gasteiger charge is 2.17. The van der Waals surface area contributed by atoms with Crippen molar-refractivity contribution in [1.29, 1.82) is 0 Å².